The number of ether oxygens (including phenoxy) is 2. The molecule has 1 amide bonds. The predicted octanol–water partition coefficient (Wildman–Crippen LogP) is 2.14. The van der Waals surface area contributed by atoms with Crippen LogP contribution in [0.5, 0.6) is 5.75 Å². The van der Waals surface area contributed by atoms with Crippen molar-refractivity contribution in [1.29, 1.82) is 0 Å². The molecule has 0 aliphatic carbocycles. The highest BCUT2D eigenvalue weighted by Crippen LogP contribution is 2.13. The van der Waals surface area contributed by atoms with E-state index in [4.69, 9.17) is 9.47 Å². The summed E-state index contributed by atoms with van der Waals surface area (Å²) < 4.78 is 9.94. The maximum atomic E-state index is 12.3. The molecule has 2 aromatic carbocycles. The Balaban J connectivity index is 2.02. The van der Waals surface area contributed by atoms with Gasteiger partial charge >= 0.3 is 5.97 Å². The number of carbonyl (C=O) groups excluding carboxylic acids is 2. The monoisotopic (exact) mass is 327 g/mol. The molecule has 2 aromatic rings. The minimum atomic E-state index is -0.712. The number of amides is 1. The Kier molecular flexibility index (Phi) is 6.37. The van der Waals surface area contributed by atoms with Gasteiger partial charge in [-0.15, -0.1) is 0 Å². The summed E-state index contributed by atoms with van der Waals surface area (Å²) in [6.45, 7) is 0. The Morgan fingerprint density at radius 3 is 2.38 bits per heavy atom. The van der Waals surface area contributed by atoms with E-state index in [0.29, 0.717) is 12.2 Å². The number of esters is 1. The van der Waals surface area contributed by atoms with Crippen molar-refractivity contribution >= 4 is 11.9 Å². The highest BCUT2D eigenvalue weighted by molar-refractivity contribution is 5.85. The normalized spacial score (nSPS) is 11.4. The Bertz CT molecular complexity index is 685. The van der Waals surface area contributed by atoms with Crippen molar-refractivity contribution < 1.29 is 19.1 Å². The van der Waals surface area contributed by atoms with Crippen molar-refractivity contribution in [2.75, 3.05) is 14.2 Å². The lowest BCUT2D eigenvalue weighted by Gasteiger charge is -2.17. The van der Waals surface area contributed by atoms with Crippen LogP contribution in [0.15, 0.2) is 54.6 Å². The molecule has 126 valence electrons. The van der Waals surface area contributed by atoms with Crippen molar-refractivity contribution in [3.8, 4) is 5.75 Å². The number of benzene rings is 2. The van der Waals surface area contributed by atoms with Gasteiger partial charge in [-0.1, -0.05) is 42.5 Å². The highest BCUT2D eigenvalue weighted by Gasteiger charge is 2.22. The zero-order valence-corrected chi connectivity index (χ0v) is 13.8. The Morgan fingerprint density at radius 2 is 1.71 bits per heavy atom. The van der Waals surface area contributed by atoms with Crippen LogP contribution in [0.2, 0.25) is 0 Å². The van der Waals surface area contributed by atoms with Gasteiger partial charge in [0, 0.05) is 6.42 Å². The molecule has 0 aliphatic heterocycles. The number of hydrogen-bond acceptors (Lipinski definition) is 4. The average Bonchev–Trinajstić information content (AvgIpc) is 2.61. The van der Waals surface area contributed by atoms with Crippen molar-refractivity contribution in [3.05, 3.63) is 65.7 Å². The summed E-state index contributed by atoms with van der Waals surface area (Å²) in [5.74, 6) is -0.0125. The maximum Gasteiger partial charge on any atom is 0.328 e. The Hall–Kier alpha value is -2.82. The second kappa shape index (κ2) is 8.72. The lowest BCUT2D eigenvalue weighted by molar-refractivity contribution is -0.145. The molecule has 1 atom stereocenters. The predicted molar refractivity (Wildman–Crippen MR) is 90.8 cm³/mol. The third kappa shape index (κ3) is 5.12. The molecule has 0 spiro atoms. The van der Waals surface area contributed by atoms with Crippen LogP contribution >= 0.6 is 0 Å². The number of methoxy groups -OCH3 is 2. The van der Waals surface area contributed by atoms with Gasteiger partial charge in [0.15, 0.2) is 0 Å². The minimum absolute atomic E-state index is 0.166. The van der Waals surface area contributed by atoms with Gasteiger partial charge in [-0.25, -0.2) is 4.79 Å². The third-order valence-electron chi connectivity index (χ3n) is 3.60. The van der Waals surface area contributed by atoms with Gasteiger partial charge in [0.2, 0.25) is 5.91 Å². The van der Waals surface area contributed by atoms with Gasteiger partial charge in [0.05, 0.1) is 20.6 Å². The van der Waals surface area contributed by atoms with Crippen molar-refractivity contribution in [3.63, 3.8) is 0 Å². The summed E-state index contributed by atoms with van der Waals surface area (Å²) in [7, 11) is 2.89. The first-order chi connectivity index (χ1) is 11.6. The Morgan fingerprint density at radius 1 is 1.00 bits per heavy atom. The zero-order chi connectivity index (χ0) is 17.4. The molecule has 0 saturated carbocycles. The standard InChI is InChI=1S/C19H21NO4/c1-23-16-10-6-9-15(11-16)13-18(21)20-17(19(22)24-2)12-14-7-4-3-5-8-14/h3-11,17H,12-13H2,1-2H3,(H,20,21)/t17-/m0/s1. The van der Waals surface area contributed by atoms with Gasteiger partial charge in [-0.05, 0) is 23.3 Å². The zero-order valence-electron chi connectivity index (χ0n) is 13.8. The second-order valence-corrected chi connectivity index (χ2v) is 5.36. The number of carbonyl (C=O) groups is 2. The fourth-order valence-corrected chi connectivity index (χ4v) is 2.40. The largest absolute Gasteiger partial charge is 0.497 e. The van der Waals surface area contributed by atoms with E-state index in [2.05, 4.69) is 5.32 Å². The number of nitrogens with one attached hydrogen (secondary N) is 1. The summed E-state index contributed by atoms with van der Waals surface area (Å²) in [6, 6.07) is 16.1. The van der Waals surface area contributed by atoms with Crippen LogP contribution in [0.3, 0.4) is 0 Å². The van der Waals surface area contributed by atoms with E-state index in [1.165, 1.54) is 7.11 Å². The lowest BCUT2D eigenvalue weighted by atomic mass is 10.1. The van der Waals surface area contributed by atoms with E-state index >= 15 is 0 Å². The van der Waals surface area contributed by atoms with E-state index in [-0.39, 0.29) is 12.3 Å². The van der Waals surface area contributed by atoms with Crippen molar-refractivity contribution in [2.45, 2.75) is 18.9 Å². The molecule has 5 heteroatoms. The quantitative estimate of drug-likeness (QED) is 0.791. The molecule has 0 aliphatic rings. The van der Waals surface area contributed by atoms with Gasteiger partial charge in [0.1, 0.15) is 11.8 Å². The summed E-state index contributed by atoms with van der Waals surface area (Å²) in [5, 5.41) is 2.75. The molecular weight excluding hydrogens is 306 g/mol. The molecule has 0 heterocycles. The smallest absolute Gasteiger partial charge is 0.328 e. The van der Waals surface area contributed by atoms with Crippen LogP contribution < -0.4 is 10.1 Å². The molecule has 0 fully saturated rings. The summed E-state index contributed by atoms with van der Waals surface area (Å²) in [6.07, 6.45) is 0.552. The fraction of sp³-hybridized carbons (Fsp3) is 0.263. The minimum Gasteiger partial charge on any atom is -0.497 e. The van der Waals surface area contributed by atoms with E-state index in [9.17, 15) is 9.59 Å². The molecule has 5 nitrogen and oxygen atoms in total. The van der Waals surface area contributed by atoms with E-state index in [1.54, 1.807) is 13.2 Å². The van der Waals surface area contributed by atoms with Crippen LogP contribution in [0, 0.1) is 0 Å². The molecule has 2 rings (SSSR count). The van der Waals surface area contributed by atoms with Crippen LogP contribution in [0.4, 0.5) is 0 Å². The van der Waals surface area contributed by atoms with Crippen LogP contribution in [0.1, 0.15) is 11.1 Å². The summed E-state index contributed by atoms with van der Waals surface area (Å²) in [4.78, 5) is 24.2. The van der Waals surface area contributed by atoms with Crippen molar-refractivity contribution in [1.82, 2.24) is 5.32 Å². The van der Waals surface area contributed by atoms with Crippen molar-refractivity contribution in [2.24, 2.45) is 0 Å². The SMILES string of the molecule is COC(=O)[C@H](Cc1ccccc1)NC(=O)Cc1cccc(OC)c1. The average molecular weight is 327 g/mol. The van der Waals surface area contributed by atoms with E-state index in [1.807, 2.05) is 48.5 Å². The molecule has 0 aromatic heterocycles. The fourth-order valence-electron chi connectivity index (χ4n) is 2.40. The molecule has 0 bridgehead atoms. The van der Waals surface area contributed by atoms with Gasteiger partial charge < -0.3 is 14.8 Å². The topological polar surface area (TPSA) is 64.6 Å². The van der Waals surface area contributed by atoms with Gasteiger partial charge in [-0.2, -0.15) is 0 Å². The molecular formula is C19H21NO4. The van der Waals surface area contributed by atoms with E-state index in [0.717, 1.165) is 11.1 Å². The molecule has 0 unspecified atom stereocenters. The lowest BCUT2D eigenvalue weighted by Crippen LogP contribution is -2.43. The highest BCUT2D eigenvalue weighted by atomic mass is 16.5. The molecule has 0 radical (unpaired) electrons. The Labute approximate surface area is 141 Å². The van der Waals surface area contributed by atoms with Gasteiger partial charge in [0.25, 0.3) is 0 Å². The maximum absolute atomic E-state index is 12.3. The first-order valence-electron chi connectivity index (χ1n) is 7.66. The summed E-state index contributed by atoms with van der Waals surface area (Å²) in [5.41, 5.74) is 1.77. The van der Waals surface area contributed by atoms with Crippen LogP contribution in [-0.4, -0.2) is 32.1 Å². The molecule has 24 heavy (non-hydrogen) atoms. The molecule has 0 saturated heterocycles. The number of rotatable bonds is 7. The summed E-state index contributed by atoms with van der Waals surface area (Å²) >= 11 is 0. The first kappa shape index (κ1) is 17.5. The molecule has 1 N–H and O–H groups in total. The van der Waals surface area contributed by atoms with E-state index < -0.39 is 12.0 Å². The van der Waals surface area contributed by atoms with Crippen LogP contribution in [0.25, 0.3) is 0 Å². The van der Waals surface area contributed by atoms with Gasteiger partial charge in [-0.3, -0.25) is 4.79 Å². The third-order valence-corrected chi connectivity index (χ3v) is 3.60. The second-order valence-electron chi connectivity index (χ2n) is 5.36. The van der Waals surface area contributed by atoms with Crippen LogP contribution in [-0.2, 0) is 27.2 Å². The number of hydrogen-bond donors (Lipinski definition) is 1. The first-order valence-corrected chi connectivity index (χ1v) is 7.66.